The fraction of sp³-hybridized carbons (Fsp3) is 0.500. The van der Waals surface area contributed by atoms with Crippen LogP contribution in [0.25, 0.3) is 11.1 Å². The average Bonchev–Trinajstić information content (AvgIpc) is 2.79. The number of aromatic nitrogens is 1. The van der Waals surface area contributed by atoms with Crippen LogP contribution >= 0.6 is 11.6 Å². The van der Waals surface area contributed by atoms with Crippen molar-refractivity contribution in [3.8, 4) is 0 Å². The van der Waals surface area contributed by atoms with E-state index in [-0.39, 0.29) is 11.8 Å². The first kappa shape index (κ1) is 14.4. The molecule has 0 unspecified atom stereocenters. The first-order chi connectivity index (χ1) is 10.1. The Morgan fingerprint density at radius 2 is 2.10 bits per heavy atom. The van der Waals surface area contributed by atoms with E-state index in [9.17, 15) is 9.90 Å². The molecule has 5 heteroatoms. The Morgan fingerprint density at radius 1 is 1.33 bits per heavy atom. The van der Waals surface area contributed by atoms with Crippen LogP contribution in [0.5, 0.6) is 0 Å². The quantitative estimate of drug-likeness (QED) is 0.906. The largest absolute Gasteiger partial charge is 0.481 e. The Hall–Kier alpha value is -1.55. The summed E-state index contributed by atoms with van der Waals surface area (Å²) in [6.07, 6.45) is 5.98. The number of carbonyl (C=O) groups is 1. The molecule has 1 saturated carbocycles. The molecule has 0 aliphatic heterocycles. The van der Waals surface area contributed by atoms with Gasteiger partial charge in [0.1, 0.15) is 5.52 Å². The van der Waals surface area contributed by atoms with Gasteiger partial charge in [0.05, 0.1) is 6.42 Å². The summed E-state index contributed by atoms with van der Waals surface area (Å²) in [5, 5.41) is 9.84. The lowest BCUT2D eigenvalue weighted by molar-refractivity contribution is -0.140. The van der Waals surface area contributed by atoms with E-state index in [1.165, 1.54) is 6.42 Å². The Kier molecular flexibility index (Phi) is 3.89. The van der Waals surface area contributed by atoms with Crippen molar-refractivity contribution in [2.24, 2.45) is 5.41 Å². The molecule has 21 heavy (non-hydrogen) atoms. The maximum Gasteiger partial charge on any atom is 0.303 e. The smallest absolute Gasteiger partial charge is 0.303 e. The zero-order valence-electron chi connectivity index (χ0n) is 11.8. The molecule has 1 aliphatic rings. The summed E-state index contributed by atoms with van der Waals surface area (Å²) in [5.74, 6) is -0.119. The SMILES string of the molecule is O=C(O)CC1(Cc2nc3cc(Cl)ccc3o2)CCCCC1. The molecule has 3 rings (SSSR count). The normalized spacial score (nSPS) is 18.0. The number of fused-ring (bicyclic) bond motifs is 1. The average molecular weight is 308 g/mol. The lowest BCUT2D eigenvalue weighted by atomic mass is 9.69. The van der Waals surface area contributed by atoms with Crippen molar-refractivity contribution in [1.29, 1.82) is 0 Å². The van der Waals surface area contributed by atoms with Gasteiger partial charge in [0.25, 0.3) is 0 Å². The third-order valence-corrected chi connectivity index (χ3v) is 4.60. The highest BCUT2D eigenvalue weighted by molar-refractivity contribution is 6.31. The Balaban J connectivity index is 1.88. The van der Waals surface area contributed by atoms with Gasteiger partial charge in [0, 0.05) is 11.4 Å². The molecule has 1 heterocycles. The number of rotatable bonds is 4. The van der Waals surface area contributed by atoms with Crippen LogP contribution in [0.15, 0.2) is 22.6 Å². The van der Waals surface area contributed by atoms with E-state index in [1.807, 2.05) is 0 Å². The van der Waals surface area contributed by atoms with E-state index in [0.717, 1.165) is 31.2 Å². The molecule has 1 aromatic carbocycles. The van der Waals surface area contributed by atoms with E-state index in [4.69, 9.17) is 16.0 Å². The molecule has 2 aromatic rings. The van der Waals surface area contributed by atoms with Crippen molar-refractivity contribution >= 4 is 28.7 Å². The fourth-order valence-electron chi connectivity index (χ4n) is 3.38. The standard InChI is InChI=1S/C16H18ClNO3/c17-11-4-5-13-12(8-11)18-14(21-13)9-16(10-15(19)20)6-2-1-3-7-16/h4-5,8H,1-3,6-7,9-10H2,(H,19,20). The minimum absolute atomic E-state index is 0.187. The monoisotopic (exact) mass is 307 g/mol. The zero-order chi connectivity index (χ0) is 14.9. The number of carboxylic acid groups (broad SMARTS) is 1. The minimum Gasteiger partial charge on any atom is -0.481 e. The summed E-state index contributed by atoms with van der Waals surface area (Å²) in [5.41, 5.74) is 1.23. The highest BCUT2D eigenvalue weighted by Crippen LogP contribution is 2.42. The molecule has 0 spiro atoms. The zero-order valence-corrected chi connectivity index (χ0v) is 12.5. The molecule has 0 bridgehead atoms. The molecule has 0 radical (unpaired) electrons. The summed E-state index contributed by atoms with van der Waals surface area (Å²) < 4.78 is 5.77. The van der Waals surface area contributed by atoms with E-state index in [1.54, 1.807) is 18.2 Å². The van der Waals surface area contributed by atoms with Crippen LogP contribution in [-0.2, 0) is 11.2 Å². The molecule has 1 aliphatic carbocycles. The second kappa shape index (κ2) is 5.68. The molecule has 0 atom stereocenters. The number of carboxylic acids is 1. The van der Waals surface area contributed by atoms with Crippen molar-refractivity contribution in [2.45, 2.75) is 44.9 Å². The third-order valence-electron chi connectivity index (χ3n) is 4.36. The number of oxazole rings is 1. The maximum atomic E-state index is 11.2. The predicted molar refractivity (Wildman–Crippen MR) is 80.5 cm³/mol. The van der Waals surface area contributed by atoms with Gasteiger partial charge < -0.3 is 9.52 Å². The van der Waals surface area contributed by atoms with Crippen molar-refractivity contribution in [3.63, 3.8) is 0 Å². The van der Waals surface area contributed by atoms with Crippen LogP contribution in [0.1, 0.15) is 44.4 Å². The van der Waals surface area contributed by atoms with Crippen LogP contribution in [0.4, 0.5) is 0 Å². The van der Waals surface area contributed by atoms with Gasteiger partial charge >= 0.3 is 5.97 Å². The number of nitrogens with zero attached hydrogens (tertiary/aromatic N) is 1. The number of aliphatic carboxylic acids is 1. The molecule has 0 saturated heterocycles. The molecule has 1 fully saturated rings. The Morgan fingerprint density at radius 3 is 2.81 bits per heavy atom. The second-order valence-corrected chi connectivity index (χ2v) is 6.46. The number of benzene rings is 1. The molecule has 1 aromatic heterocycles. The summed E-state index contributed by atoms with van der Waals surface area (Å²) >= 11 is 5.96. The molecule has 1 N–H and O–H groups in total. The topological polar surface area (TPSA) is 63.3 Å². The molecule has 0 amide bonds. The highest BCUT2D eigenvalue weighted by atomic mass is 35.5. The van der Waals surface area contributed by atoms with Crippen LogP contribution in [0.3, 0.4) is 0 Å². The number of halogens is 1. The fourth-order valence-corrected chi connectivity index (χ4v) is 3.55. The van der Waals surface area contributed by atoms with E-state index in [0.29, 0.717) is 22.9 Å². The van der Waals surface area contributed by atoms with Crippen LogP contribution in [0.2, 0.25) is 5.02 Å². The van der Waals surface area contributed by atoms with Gasteiger partial charge in [-0.2, -0.15) is 0 Å². The van der Waals surface area contributed by atoms with E-state index < -0.39 is 5.97 Å². The Bertz CT molecular complexity index is 659. The van der Waals surface area contributed by atoms with Gasteiger partial charge in [-0.05, 0) is 36.5 Å². The third kappa shape index (κ3) is 3.21. The maximum absolute atomic E-state index is 11.2. The van der Waals surface area contributed by atoms with Crippen LogP contribution in [0, 0.1) is 5.41 Å². The van der Waals surface area contributed by atoms with E-state index >= 15 is 0 Å². The molecule has 4 nitrogen and oxygen atoms in total. The summed E-state index contributed by atoms with van der Waals surface area (Å²) in [6.45, 7) is 0. The van der Waals surface area contributed by atoms with Crippen LogP contribution < -0.4 is 0 Å². The van der Waals surface area contributed by atoms with Crippen molar-refractivity contribution < 1.29 is 14.3 Å². The van der Waals surface area contributed by atoms with Gasteiger partial charge in [-0.25, -0.2) is 4.98 Å². The Labute approximate surface area is 128 Å². The van der Waals surface area contributed by atoms with Crippen molar-refractivity contribution in [2.75, 3.05) is 0 Å². The summed E-state index contributed by atoms with van der Waals surface area (Å²) in [7, 11) is 0. The molecular formula is C16H18ClNO3. The second-order valence-electron chi connectivity index (χ2n) is 6.03. The van der Waals surface area contributed by atoms with Gasteiger partial charge in [0.2, 0.25) is 0 Å². The lowest BCUT2D eigenvalue weighted by Gasteiger charge is -2.35. The van der Waals surface area contributed by atoms with Crippen LogP contribution in [-0.4, -0.2) is 16.1 Å². The van der Waals surface area contributed by atoms with Gasteiger partial charge in [-0.3, -0.25) is 4.79 Å². The lowest BCUT2D eigenvalue weighted by Crippen LogP contribution is -2.29. The predicted octanol–water partition coefficient (Wildman–Crippen LogP) is 4.45. The molecular weight excluding hydrogens is 290 g/mol. The highest BCUT2D eigenvalue weighted by Gasteiger charge is 2.36. The minimum atomic E-state index is -0.740. The first-order valence-electron chi connectivity index (χ1n) is 7.33. The van der Waals surface area contributed by atoms with Gasteiger partial charge in [-0.1, -0.05) is 30.9 Å². The van der Waals surface area contributed by atoms with E-state index in [2.05, 4.69) is 4.98 Å². The first-order valence-corrected chi connectivity index (χ1v) is 7.71. The van der Waals surface area contributed by atoms with Crippen molar-refractivity contribution in [3.05, 3.63) is 29.1 Å². The number of hydrogen-bond donors (Lipinski definition) is 1. The number of hydrogen-bond acceptors (Lipinski definition) is 3. The van der Waals surface area contributed by atoms with Crippen molar-refractivity contribution in [1.82, 2.24) is 4.98 Å². The summed E-state index contributed by atoms with van der Waals surface area (Å²) in [6, 6.07) is 5.35. The summed E-state index contributed by atoms with van der Waals surface area (Å²) in [4.78, 5) is 15.7. The van der Waals surface area contributed by atoms with Gasteiger partial charge in [-0.15, -0.1) is 0 Å². The van der Waals surface area contributed by atoms with Gasteiger partial charge in [0.15, 0.2) is 11.5 Å². The molecule has 112 valence electrons.